The van der Waals surface area contributed by atoms with Gasteiger partial charge < -0.3 is 15.1 Å². The van der Waals surface area contributed by atoms with Gasteiger partial charge in [-0.25, -0.2) is 8.78 Å². The lowest BCUT2D eigenvalue weighted by Crippen LogP contribution is -2.60. The van der Waals surface area contributed by atoms with Gasteiger partial charge in [-0.15, -0.1) is 0 Å². The first kappa shape index (κ1) is 23.1. The molecule has 5 rings (SSSR count). The number of amides is 1. The Hall–Kier alpha value is -3.62. The van der Waals surface area contributed by atoms with Gasteiger partial charge in [0, 0.05) is 36.7 Å². The van der Waals surface area contributed by atoms with Crippen molar-refractivity contribution in [2.24, 2.45) is 5.92 Å². The first-order valence-electron chi connectivity index (χ1n) is 11.2. The molecule has 0 saturated carbocycles. The van der Waals surface area contributed by atoms with Crippen molar-refractivity contribution in [2.75, 3.05) is 34.8 Å². The molecule has 0 aromatic heterocycles. The Morgan fingerprint density at radius 1 is 0.886 bits per heavy atom. The summed E-state index contributed by atoms with van der Waals surface area (Å²) in [7, 11) is 0. The fraction of sp³-hybridized carbons (Fsp3) is 0.269. The number of carbonyl (C=O) groups excluding carboxylic acids is 1. The number of alkyl halides is 3. The number of hydrogen-bond acceptors (Lipinski definition) is 3. The summed E-state index contributed by atoms with van der Waals surface area (Å²) in [6.07, 6.45) is -4.36. The molecule has 1 fully saturated rings. The molecule has 2 heterocycles. The summed E-state index contributed by atoms with van der Waals surface area (Å²) >= 11 is 0. The van der Waals surface area contributed by atoms with Gasteiger partial charge in [0.05, 0.1) is 17.5 Å². The van der Waals surface area contributed by atoms with Crippen molar-refractivity contribution < 1.29 is 26.7 Å². The van der Waals surface area contributed by atoms with E-state index in [4.69, 9.17) is 0 Å². The minimum absolute atomic E-state index is 0.130. The fourth-order valence-corrected chi connectivity index (χ4v) is 4.95. The van der Waals surface area contributed by atoms with Crippen LogP contribution in [0.3, 0.4) is 0 Å². The van der Waals surface area contributed by atoms with Gasteiger partial charge in [-0.1, -0.05) is 0 Å². The van der Waals surface area contributed by atoms with Crippen LogP contribution < -0.4 is 15.1 Å². The summed E-state index contributed by atoms with van der Waals surface area (Å²) in [5.41, 5.74) is 1.61. The first-order valence-corrected chi connectivity index (χ1v) is 11.2. The van der Waals surface area contributed by atoms with Gasteiger partial charge in [-0.2, -0.15) is 13.2 Å². The molecule has 0 radical (unpaired) electrons. The smallest absolute Gasteiger partial charge is 0.368 e. The van der Waals surface area contributed by atoms with E-state index in [0.29, 0.717) is 36.6 Å². The van der Waals surface area contributed by atoms with Crippen molar-refractivity contribution >= 4 is 23.0 Å². The van der Waals surface area contributed by atoms with E-state index >= 15 is 0 Å². The topological polar surface area (TPSA) is 35.6 Å². The lowest BCUT2D eigenvalue weighted by molar-refractivity contribution is -0.137. The molecule has 0 spiro atoms. The number of halogens is 5. The van der Waals surface area contributed by atoms with Gasteiger partial charge in [0.1, 0.15) is 11.6 Å². The highest BCUT2D eigenvalue weighted by Crippen LogP contribution is 2.40. The zero-order chi connectivity index (χ0) is 24.7. The van der Waals surface area contributed by atoms with Crippen LogP contribution in [0.15, 0.2) is 66.7 Å². The van der Waals surface area contributed by atoms with Crippen LogP contribution in [-0.4, -0.2) is 31.6 Å². The van der Waals surface area contributed by atoms with Gasteiger partial charge >= 0.3 is 6.18 Å². The number of nitrogens with one attached hydrogen (secondary N) is 1. The zero-order valence-corrected chi connectivity index (χ0v) is 18.5. The largest absolute Gasteiger partial charge is 0.416 e. The number of piperazine rings is 1. The third-order valence-corrected chi connectivity index (χ3v) is 6.68. The Balaban J connectivity index is 1.48. The zero-order valence-electron chi connectivity index (χ0n) is 18.5. The Labute approximate surface area is 199 Å². The Bertz CT molecular complexity index is 1230. The summed E-state index contributed by atoms with van der Waals surface area (Å²) in [5.74, 6) is -1.80. The van der Waals surface area contributed by atoms with Crippen molar-refractivity contribution in [1.82, 2.24) is 0 Å². The minimum atomic E-state index is -4.49. The lowest BCUT2D eigenvalue weighted by Gasteiger charge is -2.49. The average Bonchev–Trinajstić information content (AvgIpc) is 2.84. The van der Waals surface area contributed by atoms with Crippen LogP contribution in [0, 0.1) is 17.6 Å². The molecule has 35 heavy (non-hydrogen) atoms. The first-order chi connectivity index (χ1) is 16.7. The fourth-order valence-electron chi connectivity index (χ4n) is 4.95. The molecule has 0 bridgehead atoms. The van der Waals surface area contributed by atoms with Gasteiger partial charge in [0.2, 0.25) is 5.91 Å². The standard InChI is InChI=1S/C26H22F5N3O/c27-18-2-6-20(7-3-18)32-25(35)22-14-16-13-17(26(29,30)31)1-10-23(16)34-12-11-33(15-24(22)34)21-8-4-19(28)5-9-21/h1-10,13,22,24H,11-12,14-15H2,(H,32,35). The van der Waals surface area contributed by atoms with Crippen LogP contribution in [-0.2, 0) is 17.4 Å². The van der Waals surface area contributed by atoms with E-state index in [1.807, 2.05) is 9.80 Å². The molecule has 4 nitrogen and oxygen atoms in total. The second kappa shape index (κ2) is 8.87. The molecule has 1 N–H and O–H groups in total. The molecule has 182 valence electrons. The molecular weight excluding hydrogens is 465 g/mol. The van der Waals surface area contributed by atoms with Crippen molar-refractivity contribution in [3.8, 4) is 0 Å². The molecule has 1 amide bonds. The van der Waals surface area contributed by atoms with Crippen molar-refractivity contribution in [3.63, 3.8) is 0 Å². The number of anilines is 3. The third kappa shape index (κ3) is 4.67. The van der Waals surface area contributed by atoms with Crippen molar-refractivity contribution in [2.45, 2.75) is 18.6 Å². The minimum Gasteiger partial charge on any atom is -0.368 e. The summed E-state index contributed by atoms with van der Waals surface area (Å²) in [6, 6.07) is 14.8. The Morgan fingerprint density at radius 2 is 1.54 bits per heavy atom. The van der Waals surface area contributed by atoms with Gasteiger partial charge in [-0.3, -0.25) is 4.79 Å². The molecule has 2 atom stereocenters. The number of fused-ring (bicyclic) bond motifs is 3. The van der Waals surface area contributed by atoms with E-state index in [9.17, 15) is 26.7 Å². The molecule has 3 aromatic carbocycles. The van der Waals surface area contributed by atoms with Crippen LogP contribution in [0.1, 0.15) is 11.1 Å². The maximum Gasteiger partial charge on any atom is 0.416 e. The SMILES string of the molecule is O=C(Nc1ccc(F)cc1)C1Cc2cc(C(F)(F)F)ccc2N2CCN(c3ccc(F)cc3)CC12. The van der Waals surface area contributed by atoms with Crippen LogP contribution in [0.2, 0.25) is 0 Å². The monoisotopic (exact) mass is 487 g/mol. The molecule has 3 aromatic rings. The molecular formula is C26H22F5N3O. The van der Waals surface area contributed by atoms with Crippen LogP contribution in [0.5, 0.6) is 0 Å². The average molecular weight is 487 g/mol. The van der Waals surface area contributed by atoms with Crippen LogP contribution in [0.25, 0.3) is 0 Å². The highest BCUT2D eigenvalue weighted by Gasteiger charge is 2.43. The predicted octanol–water partition coefficient (Wildman–Crippen LogP) is 5.49. The number of nitrogens with zero attached hydrogens (tertiary/aromatic N) is 2. The van der Waals surface area contributed by atoms with Gasteiger partial charge in [0.25, 0.3) is 0 Å². The number of benzene rings is 3. The summed E-state index contributed by atoms with van der Waals surface area (Å²) in [5, 5.41) is 2.79. The summed E-state index contributed by atoms with van der Waals surface area (Å²) < 4.78 is 66.8. The van der Waals surface area contributed by atoms with Gasteiger partial charge in [0.15, 0.2) is 0 Å². The Kier molecular flexibility index (Phi) is 5.86. The summed E-state index contributed by atoms with van der Waals surface area (Å²) in [4.78, 5) is 17.4. The predicted molar refractivity (Wildman–Crippen MR) is 123 cm³/mol. The van der Waals surface area contributed by atoms with E-state index < -0.39 is 23.5 Å². The summed E-state index contributed by atoms with van der Waals surface area (Å²) in [6.45, 7) is 1.49. The third-order valence-electron chi connectivity index (χ3n) is 6.68. The molecule has 0 aliphatic carbocycles. The van der Waals surface area contributed by atoms with Crippen molar-refractivity contribution in [1.29, 1.82) is 0 Å². The van der Waals surface area contributed by atoms with E-state index in [-0.39, 0.29) is 24.2 Å². The maximum atomic E-state index is 13.4. The van der Waals surface area contributed by atoms with E-state index in [2.05, 4.69) is 5.32 Å². The Morgan fingerprint density at radius 3 is 2.20 bits per heavy atom. The van der Waals surface area contributed by atoms with Crippen LogP contribution in [0.4, 0.5) is 39.0 Å². The molecule has 9 heteroatoms. The molecule has 2 aliphatic rings. The maximum absolute atomic E-state index is 13.4. The number of rotatable bonds is 3. The van der Waals surface area contributed by atoms with Crippen molar-refractivity contribution in [3.05, 3.63) is 89.5 Å². The lowest BCUT2D eigenvalue weighted by atomic mass is 9.82. The van der Waals surface area contributed by atoms with E-state index in [1.165, 1.54) is 42.5 Å². The van der Waals surface area contributed by atoms with E-state index in [1.54, 1.807) is 12.1 Å². The quantitative estimate of drug-likeness (QED) is 0.497. The number of hydrogen-bond donors (Lipinski definition) is 1. The van der Waals surface area contributed by atoms with Gasteiger partial charge in [-0.05, 0) is 78.7 Å². The second-order valence-electron chi connectivity index (χ2n) is 8.83. The van der Waals surface area contributed by atoms with E-state index in [0.717, 1.165) is 17.8 Å². The highest BCUT2D eigenvalue weighted by atomic mass is 19.4. The molecule has 1 saturated heterocycles. The second-order valence-corrected chi connectivity index (χ2v) is 8.83. The molecule has 2 unspecified atom stereocenters. The normalized spacial score (nSPS) is 19.7. The number of carbonyl (C=O) groups is 1. The highest BCUT2D eigenvalue weighted by molar-refractivity contribution is 5.94. The van der Waals surface area contributed by atoms with Crippen LogP contribution >= 0.6 is 0 Å². The molecule has 2 aliphatic heterocycles.